The van der Waals surface area contributed by atoms with Crippen LogP contribution in [0.4, 0.5) is 0 Å². The van der Waals surface area contributed by atoms with Crippen molar-refractivity contribution in [3.8, 4) is 11.5 Å². The molecule has 6 heteroatoms. The average molecular weight is 348 g/mol. The molecule has 26 heavy (non-hydrogen) atoms. The topological polar surface area (TPSA) is 70.6 Å². The molecule has 0 spiro atoms. The predicted octanol–water partition coefficient (Wildman–Crippen LogP) is 3.26. The molecule has 2 aromatic heterocycles. The number of benzene rings is 1. The number of piperidine rings is 1. The molecule has 0 atom stereocenters. The van der Waals surface area contributed by atoms with Gasteiger partial charge in [-0.25, -0.2) is 9.97 Å². The van der Waals surface area contributed by atoms with E-state index in [1.807, 2.05) is 0 Å². The van der Waals surface area contributed by atoms with Crippen LogP contribution in [0.2, 0.25) is 0 Å². The zero-order valence-electron chi connectivity index (χ0n) is 15.3. The van der Waals surface area contributed by atoms with Gasteiger partial charge in [-0.2, -0.15) is 5.10 Å². The molecule has 1 aliphatic rings. The molecule has 134 valence electrons. The Morgan fingerprint density at radius 2 is 2.00 bits per heavy atom. The van der Waals surface area contributed by atoms with Crippen LogP contribution in [0.5, 0.6) is 0 Å². The van der Waals surface area contributed by atoms with Gasteiger partial charge in [-0.15, -0.1) is 0 Å². The standard InChI is InChI=1S/C20H24N6/c1-14-3-4-17(15(2)11-14)13-26-9-5-16(6-10-26)19-23-20(25-24-19)18-12-21-7-8-22-18/h3-4,7-8,11-12,16H,5-6,9-10,13H2,1-2H3,(H,23,24,25). The van der Waals surface area contributed by atoms with Crippen molar-refractivity contribution in [2.24, 2.45) is 0 Å². The van der Waals surface area contributed by atoms with Crippen LogP contribution in [0.25, 0.3) is 11.5 Å². The molecule has 1 aromatic carbocycles. The minimum absolute atomic E-state index is 0.434. The maximum Gasteiger partial charge on any atom is 0.201 e. The summed E-state index contributed by atoms with van der Waals surface area (Å²) in [5, 5.41) is 7.42. The van der Waals surface area contributed by atoms with E-state index in [-0.39, 0.29) is 0 Å². The van der Waals surface area contributed by atoms with Gasteiger partial charge in [0.05, 0.1) is 6.20 Å². The second-order valence-corrected chi connectivity index (χ2v) is 7.12. The third-order valence-electron chi connectivity index (χ3n) is 5.16. The SMILES string of the molecule is Cc1ccc(CN2CCC(c3nc(-c4cnccn4)n[nH]3)CC2)c(C)c1. The number of hydrogen-bond acceptors (Lipinski definition) is 5. The molecule has 1 saturated heterocycles. The van der Waals surface area contributed by atoms with E-state index in [2.05, 4.69) is 62.1 Å². The molecule has 0 amide bonds. The summed E-state index contributed by atoms with van der Waals surface area (Å²) in [4.78, 5) is 15.5. The Kier molecular flexibility index (Phi) is 4.75. The van der Waals surface area contributed by atoms with E-state index in [9.17, 15) is 0 Å². The van der Waals surface area contributed by atoms with Gasteiger partial charge in [-0.3, -0.25) is 15.0 Å². The fraction of sp³-hybridized carbons (Fsp3) is 0.400. The van der Waals surface area contributed by atoms with E-state index in [1.165, 1.54) is 16.7 Å². The molecule has 1 N–H and O–H groups in total. The van der Waals surface area contributed by atoms with Crippen molar-refractivity contribution in [2.75, 3.05) is 13.1 Å². The minimum Gasteiger partial charge on any atom is -0.299 e. The van der Waals surface area contributed by atoms with E-state index < -0.39 is 0 Å². The fourth-order valence-corrected chi connectivity index (χ4v) is 3.61. The molecule has 6 nitrogen and oxygen atoms in total. The molecule has 0 aliphatic carbocycles. The van der Waals surface area contributed by atoms with E-state index in [0.29, 0.717) is 17.4 Å². The first-order valence-corrected chi connectivity index (χ1v) is 9.16. The maximum atomic E-state index is 4.65. The summed E-state index contributed by atoms with van der Waals surface area (Å²) < 4.78 is 0. The zero-order valence-corrected chi connectivity index (χ0v) is 15.3. The van der Waals surface area contributed by atoms with Crippen LogP contribution in [0.3, 0.4) is 0 Å². The van der Waals surface area contributed by atoms with Crippen molar-refractivity contribution in [3.63, 3.8) is 0 Å². The number of H-pyrrole nitrogens is 1. The Labute approximate surface area is 153 Å². The van der Waals surface area contributed by atoms with Crippen LogP contribution < -0.4 is 0 Å². The van der Waals surface area contributed by atoms with Gasteiger partial charge in [0, 0.05) is 24.9 Å². The van der Waals surface area contributed by atoms with Crippen molar-refractivity contribution in [1.29, 1.82) is 0 Å². The molecule has 0 saturated carbocycles. The number of hydrogen-bond donors (Lipinski definition) is 1. The summed E-state index contributed by atoms with van der Waals surface area (Å²) in [6, 6.07) is 6.74. The molecule has 1 fully saturated rings. The Morgan fingerprint density at radius 3 is 2.73 bits per heavy atom. The first-order chi connectivity index (χ1) is 12.7. The molecule has 0 unspecified atom stereocenters. The lowest BCUT2D eigenvalue weighted by molar-refractivity contribution is 0.201. The minimum atomic E-state index is 0.434. The van der Waals surface area contributed by atoms with Crippen molar-refractivity contribution in [3.05, 3.63) is 59.3 Å². The molecule has 0 radical (unpaired) electrons. The van der Waals surface area contributed by atoms with Crippen molar-refractivity contribution in [1.82, 2.24) is 30.0 Å². The molecular weight excluding hydrogens is 324 g/mol. The number of aromatic nitrogens is 5. The summed E-state index contributed by atoms with van der Waals surface area (Å²) in [7, 11) is 0. The maximum absolute atomic E-state index is 4.65. The highest BCUT2D eigenvalue weighted by molar-refractivity contribution is 5.46. The summed E-state index contributed by atoms with van der Waals surface area (Å²) in [5.74, 6) is 2.03. The first kappa shape index (κ1) is 16.8. The number of aryl methyl sites for hydroxylation is 2. The summed E-state index contributed by atoms with van der Waals surface area (Å²) >= 11 is 0. The van der Waals surface area contributed by atoms with E-state index in [1.54, 1.807) is 18.6 Å². The first-order valence-electron chi connectivity index (χ1n) is 9.16. The monoisotopic (exact) mass is 348 g/mol. The summed E-state index contributed by atoms with van der Waals surface area (Å²) in [5.41, 5.74) is 4.85. The lowest BCUT2D eigenvalue weighted by Crippen LogP contribution is -2.33. The average Bonchev–Trinajstić information content (AvgIpc) is 3.16. The van der Waals surface area contributed by atoms with Gasteiger partial charge in [0.2, 0.25) is 5.82 Å². The van der Waals surface area contributed by atoms with Crippen LogP contribution in [0, 0.1) is 13.8 Å². The molecule has 3 heterocycles. The third kappa shape index (κ3) is 3.65. The Morgan fingerprint density at radius 1 is 1.15 bits per heavy atom. The van der Waals surface area contributed by atoms with Crippen LogP contribution in [0.15, 0.2) is 36.8 Å². The van der Waals surface area contributed by atoms with E-state index in [4.69, 9.17) is 0 Å². The highest BCUT2D eigenvalue weighted by Crippen LogP contribution is 2.27. The quantitative estimate of drug-likeness (QED) is 0.784. The van der Waals surface area contributed by atoms with Gasteiger partial charge in [-0.05, 0) is 50.9 Å². The Bertz CT molecular complexity index is 865. The van der Waals surface area contributed by atoms with Crippen LogP contribution in [0.1, 0.15) is 41.3 Å². The molecule has 1 aliphatic heterocycles. The second kappa shape index (κ2) is 7.33. The van der Waals surface area contributed by atoms with E-state index in [0.717, 1.165) is 38.3 Å². The van der Waals surface area contributed by atoms with Crippen LogP contribution in [-0.2, 0) is 6.54 Å². The number of nitrogens with zero attached hydrogens (tertiary/aromatic N) is 5. The summed E-state index contributed by atoms with van der Waals surface area (Å²) in [6.45, 7) is 7.55. The number of likely N-dealkylation sites (tertiary alicyclic amines) is 1. The van der Waals surface area contributed by atoms with Crippen molar-refractivity contribution >= 4 is 0 Å². The molecule has 0 bridgehead atoms. The fourth-order valence-electron chi connectivity index (χ4n) is 3.61. The molecule has 4 rings (SSSR count). The number of aromatic amines is 1. The lowest BCUT2D eigenvalue weighted by Gasteiger charge is -2.31. The number of rotatable bonds is 4. The van der Waals surface area contributed by atoms with Crippen LogP contribution >= 0.6 is 0 Å². The zero-order chi connectivity index (χ0) is 17.9. The highest BCUT2D eigenvalue weighted by atomic mass is 15.2. The van der Waals surface area contributed by atoms with Gasteiger partial charge in [0.25, 0.3) is 0 Å². The lowest BCUT2D eigenvalue weighted by atomic mass is 9.95. The largest absolute Gasteiger partial charge is 0.299 e. The van der Waals surface area contributed by atoms with Crippen molar-refractivity contribution in [2.45, 2.75) is 39.2 Å². The number of nitrogens with one attached hydrogen (secondary N) is 1. The van der Waals surface area contributed by atoms with E-state index >= 15 is 0 Å². The molecule has 3 aromatic rings. The molecular formula is C20H24N6. The van der Waals surface area contributed by atoms with Crippen LogP contribution in [-0.4, -0.2) is 43.1 Å². The predicted molar refractivity (Wildman–Crippen MR) is 101 cm³/mol. The Hall–Kier alpha value is -2.60. The van der Waals surface area contributed by atoms with Crippen molar-refractivity contribution < 1.29 is 0 Å². The normalized spacial score (nSPS) is 16.1. The van der Waals surface area contributed by atoms with Gasteiger partial charge >= 0.3 is 0 Å². The van der Waals surface area contributed by atoms with Gasteiger partial charge in [-0.1, -0.05) is 23.8 Å². The highest BCUT2D eigenvalue weighted by Gasteiger charge is 2.24. The smallest absolute Gasteiger partial charge is 0.201 e. The summed E-state index contributed by atoms with van der Waals surface area (Å²) in [6.07, 6.45) is 7.21. The van der Waals surface area contributed by atoms with Gasteiger partial charge in [0.1, 0.15) is 11.5 Å². The van der Waals surface area contributed by atoms with Gasteiger partial charge < -0.3 is 0 Å². The third-order valence-corrected chi connectivity index (χ3v) is 5.16. The Balaban J connectivity index is 1.37. The second-order valence-electron chi connectivity index (χ2n) is 7.12. The van der Waals surface area contributed by atoms with Gasteiger partial charge in [0.15, 0.2) is 0 Å².